The van der Waals surface area contributed by atoms with Crippen LogP contribution in [0.2, 0.25) is 0 Å². The first-order valence-corrected chi connectivity index (χ1v) is 33.1. The summed E-state index contributed by atoms with van der Waals surface area (Å²) in [6, 6.07) is 21.8. The molecule has 4 heterocycles. The largest absolute Gasteiger partial charge is 0.471 e. The van der Waals surface area contributed by atoms with Gasteiger partial charge in [-0.2, -0.15) is 0 Å². The molecule has 6 N–H and O–H groups in total. The number of aromatic nitrogens is 4. The summed E-state index contributed by atoms with van der Waals surface area (Å²) in [5, 5.41) is 5.52. The maximum absolute atomic E-state index is 14.8. The second-order valence-corrected chi connectivity index (χ2v) is 27.1. The number of amides is 4. The van der Waals surface area contributed by atoms with Crippen molar-refractivity contribution in [3.63, 3.8) is 0 Å². The fourth-order valence-corrected chi connectivity index (χ4v) is 15.0. The molecule has 8 aliphatic rings. The Hall–Kier alpha value is -6.48. The molecule has 4 amide bonds. The smallest absolute Gasteiger partial charge is 0.453 e. The summed E-state index contributed by atoms with van der Waals surface area (Å²) in [6.07, 6.45) is 9.74. The lowest BCUT2D eigenvalue weighted by Gasteiger charge is -2.37. The van der Waals surface area contributed by atoms with Gasteiger partial charge in [-0.15, -0.1) is 0 Å². The van der Waals surface area contributed by atoms with Crippen LogP contribution in [0.25, 0.3) is 44.3 Å². The van der Waals surface area contributed by atoms with Gasteiger partial charge in [0.2, 0.25) is 11.8 Å². The molecule has 2 saturated heterocycles. The van der Waals surface area contributed by atoms with Crippen LogP contribution >= 0.6 is 15.6 Å². The normalized spacial score (nSPS) is 22.2. The molecule has 0 spiro atoms. The van der Waals surface area contributed by atoms with Crippen LogP contribution in [0.5, 0.6) is 0 Å². The summed E-state index contributed by atoms with van der Waals surface area (Å²) in [5.41, 5.74) is 10.6. The van der Waals surface area contributed by atoms with Gasteiger partial charge >= 0.3 is 27.8 Å². The van der Waals surface area contributed by atoms with Crippen molar-refractivity contribution in [2.45, 2.75) is 167 Å². The lowest BCUT2D eigenvalue weighted by molar-refractivity contribution is -0.139. The van der Waals surface area contributed by atoms with Crippen LogP contribution < -0.4 is 10.6 Å². The minimum absolute atomic E-state index is 0.120. The first-order chi connectivity index (χ1) is 41.1. The average molecular weight is 1220 g/mol. The standard InChI is InChI=1S/C62H78N8O14P2/c1-35(2)55(65-61(73)81-5)59(71)69-49-13-9-7-11-43(49)31-53(69)57-63-47-29-41(23-25-51(47)67(57)33-83-85(75,76)77)45-27-37-15-19-39(45)21-17-38-16-20-40(22-18-37)46(28-38)42-24-26-52-48(30-42)64-58(68(52)34-84-86(78,79)80)54-32-44-12-8-10-14-50(44)70(54)60(72)56(36(3)4)66-62(74)82-6/h15-16,19-20,23-30,35-36,43-44,49-50,53-56H,7-14,17-18,21-22,31-34H2,1-6H3,(H,65,73)(H,66,74)(H2,75,76,77)(H2,78,79,80). The van der Waals surface area contributed by atoms with Gasteiger partial charge in [0.1, 0.15) is 37.2 Å². The second-order valence-electron chi connectivity index (χ2n) is 24.6. The van der Waals surface area contributed by atoms with Crippen LogP contribution in [-0.2, 0) is 76.4 Å². The molecule has 4 aromatic carbocycles. The molecule has 2 aromatic heterocycles. The molecule has 2 aliphatic heterocycles. The zero-order valence-electron chi connectivity index (χ0n) is 49.5. The van der Waals surface area contributed by atoms with Crippen molar-refractivity contribution >= 4 is 61.7 Å². The fraction of sp³-hybridized carbons (Fsp3) is 0.516. The number of phosphoric ester groups is 2. The summed E-state index contributed by atoms with van der Waals surface area (Å²) in [7, 11) is -7.39. The lowest BCUT2D eigenvalue weighted by atomic mass is 9.84. The van der Waals surface area contributed by atoms with Crippen molar-refractivity contribution in [1.82, 2.24) is 39.5 Å². The highest BCUT2D eigenvalue weighted by Gasteiger charge is 2.51. The molecule has 22 nitrogen and oxygen atoms in total. The predicted molar refractivity (Wildman–Crippen MR) is 320 cm³/mol. The highest BCUT2D eigenvalue weighted by atomic mass is 31.2. The minimum atomic E-state index is -4.95. The molecule has 4 bridgehead atoms. The lowest BCUT2D eigenvalue weighted by Crippen LogP contribution is -2.54. The Balaban J connectivity index is 0.918. The quantitative estimate of drug-likeness (QED) is 0.0491. The van der Waals surface area contributed by atoms with Gasteiger partial charge in [-0.25, -0.2) is 28.7 Å². The van der Waals surface area contributed by atoms with Crippen LogP contribution in [0.1, 0.15) is 138 Å². The summed E-state index contributed by atoms with van der Waals surface area (Å²) < 4.78 is 48.2. The van der Waals surface area contributed by atoms with Gasteiger partial charge in [0.05, 0.1) is 48.4 Å². The third-order valence-electron chi connectivity index (χ3n) is 18.7. The van der Waals surface area contributed by atoms with Crippen molar-refractivity contribution in [3.05, 3.63) is 107 Å². The van der Waals surface area contributed by atoms with Gasteiger partial charge in [0, 0.05) is 12.1 Å². The number of likely N-dealkylation sites (tertiary alicyclic amines) is 2. The number of fused-ring (bicyclic) bond motifs is 4. The molecule has 24 heteroatoms. The molecule has 8 unspecified atom stereocenters. The van der Waals surface area contributed by atoms with Gasteiger partial charge in [-0.1, -0.05) is 102 Å². The Bertz CT molecular complexity index is 3430. The summed E-state index contributed by atoms with van der Waals surface area (Å²) >= 11 is 0. The van der Waals surface area contributed by atoms with Crippen molar-refractivity contribution in [2.75, 3.05) is 14.2 Å². The predicted octanol–water partition coefficient (Wildman–Crippen LogP) is 10.2. The van der Waals surface area contributed by atoms with Crippen LogP contribution in [0, 0.1) is 23.7 Å². The Morgan fingerprint density at radius 2 is 0.953 bits per heavy atom. The number of nitrogens with zero attached hydrogens (tertiary/aromatic N) is 6. The van der Waals surface area contributed by atoms with Gasteiger partial charge < -0.3 is 58.6 Å². The van der Waals surface area contributed by atoms with Gasteiger partial charge in [-0.3, -0.25) is 18.6 Å². The molecule has 86 heavy (non-hydrogen) atoms. The minimum Gasteiger partial charge on any atom is -0.453 e. The SMILES string of the molecule is COC(=O)NC(C(=O)N1C(c2nc3cc(-c4cc5ccc4CCc4ccc(c(-c6ccc7c(c6)nc(C6CC8CCCCC8N6C(=O)C(NC(=O)OC)C(C)C)n7COP(=O)(O)O)c4)CC5)ccc3n2COP(=O)(O)O)CC2CCCCC21)C(C)C. The molecule has 2 saturated carbocycles. The fourth-order valence-electron chi connectivity index (χ4n) is 14.5. The number of methoxy groups -OCH3 is 2. The molecule has 14 rings (SSSR count). The number of hydrogen-bond donors (Lipinski definition) is 6. The van der Waals surface area contributed by atoms with E-state index < -0.39 is 65.5 Å². The maximum Gasteiger partial charge on any atom is 0.471 e. The van der Waals surface area contributed by atoms with E-state index in [-0.39, 0.29) is 47.6 Å². The van der Waals surface area contributed by atoms with Gasteiger partial charge in [-0.05, 0) is 157 Å². The van der Waals surface area contributed by atoms with E-state index in [4.69, 9.17) is 28.5 Å². The first kappa shape index (κ1) is 61.2. The third-order valence-corrected chi connectivity index (χ3v) is 19.6. The molecule has 460 valence electrons. The van der Waals surface area contributed by atoms with E-state index in [9.17, 15) is 47.9 Å². The number of phosphoric acid groups is 2. The summed E-state index contributed by atoms with van der Waals surface area (Å²) in [6.45, 7) is 6.44. The van der Waals surface area contributed by atoms with Gasteiger partial charge in [0.25, 0.3) is 0 Å². The van der Waals surface area contributed by atoms with Crippen molar-refractivity contribution in [1.29, 1.82) is 0 Å². The monoisotopic (exact) mass is 1220 g/mol. The number of imidazole rings is 2. The Morgan fingerprint density at radius 1 is 0.558 bits per heavy atom. The zero-order chi connectivity index (χ0) is 60.9. The number of aryl methyl sites for hydroxylation is 4. The molecule has 0 radical (unpaired) electrons. The topological polar surface area (TPSA) is 286 Å². The molecular formula is C62H78N8O14P2. The number of benzene rings is 4. The van der Waals surface area contributed by atoms with E-state index in [2.05, 4.69) is 47.0 Å². The average Bonchev–Trinajstić information content (AvgIpc) is 2.25. The van der Waals surface area contributed by atoms with Crippen LogP contribution in [0.4, 0.5) is 9.59 Å². The molecule has 6 aliphatic carbocycles. The van der Waals surface area contributed by atoms with E-state index in [1.165, 1.54) is 14.2 Å². The van der Waals surface area contributed by atoms with Crippen LogP contribution in [0.3, 0.4) is 0 Å². The maximum atomic E-state index is 14.8. The van der Waals surface area contributed by atoms with E-state index >= 15 is 0 Å². The Morgan fingerprint density at radius 3 is 1.33 bits per heavy atom. The van der Waals surface area contributed by atoms with Gasteiger partial charge in [0.15, 0.2) is 0 Å². The van der Waals surface area contributed by atoms with E-state index in [1.807, 2.05) is 73.9 Å². The molecular weight excluding hydrogens is 1140 g/mol. The van der Waals surface area contributed by atoms with Crippen molar-refractivity contribution in [3.8, 4) is 22.3 Å². The number of ether oxygens (including phenoxy) is 2. The number of nitrogens with one attached hydrogen (secondary N) is 2. The highest BCUT2D eigenvalue weighted by Crippen LogP contribution is 2.50. The third kappa shape index (κ3) is 12.6. The Kier molecular flexibility index (Phi) is 17.7. The van der Waals surface area contributed by atoms with Crippen molar-refractivity contribution in [2.24, 2.45) is 23.7 Å². The number of hydrogen-bond acceptors (Lipinski definition) is 12. The Labute approximate surface area is 499 Å². The summed E-state index contributed by atoms with van der Waals surface area (Å²) in [4.78, 5) is 109. The van der Waals surface area contributed by atoms with E-state index in [0.29, 0.717) is 72.2 Å². The van der Waals surface area contributed by atoms with Crippen molar-refractivity contribution < 1.29 is 66.4 Å². The number of alkyl carbamates (subject to hydrolysis) is 2. The van der Waals surface area contributed by atoms with E-state index in [0.717, 1.165) is 95.9 Å². The first-order valence-electron chi connectivity index (χ1n) is 30.1. The highest BCUT2D eigenvalue weighted by molar-refractivity contribution is 7.46. The molecule has 4 fully saturated rings. The molecule has 8 atom stereocenters. The second kappa shape index (κ2) is 25.0. The number of rotatable bonds is 16. The number of carbonyl (C=O) groups excluding carboxylic acids is 4. The number of carbonyl (C=O) groups is 4. The summed E-state index contributed by atoms with van der Waals surface area (Å²) in [5.74, 6) is 0.136. The van der Waals surface area contributed by atoms with E-state index in [1.54, 1.807) is 9.13 Å². The van der Waals surface area contributed by atoms with Crippen LogP contribution in [0.15, 0.2) is 72.8 Å². The zero-order valence-corrected chi connectivity index (χ0v) is 51.3. The van der Waals surface area contributed by atoms with Crippen LogP contribution in [-0.4, -0.2) is 111 Å². The molecule has 6 aromatic rings.